The molecule has 2 heterocycles. The van der Waals surface area contributed by atoms with E-state index in [1.807, 2.05) is 18.2 Å². The standard InChI is InChI=1S/C19H18FN3O2/c1-2-11-23(19(24)15-7-3-4-8-16(15)20)13-14-12-18(22-25-14)17-9-5-6-10-21-17/h2-10,14H,1,11-13H2/t14-/m1/s1. The zero-order valence-electron chi connectivity index (χ0n) is 13.6. The molecule has 0 spiro atoms. The second-order valence-corrected chi connectivity index (χ2v) is 5.66. The lowest BCUT2D eigenvalue weighted by atomic mass is 10.1. The minimum Gasteiger partial charge on any atom is -0.390 e. The van der Waals surface area contributed by atoms with E-state index in [0.29, 0.717) is 19.5 Å². The Balaban J connectivity index is 1.68. The highest BCUT2D eigenvalue weighted by Gasteiger charge is 2.28. The number of carbonyl (C=O) groups excluding carboxylic acids is 1. The molecule has 0 bridgehead atoms. The first-order valence-corrected chi connectivity index (χ1v) is 7.98. The summed E-state index contributed by atoms with van der Waals surface area (Å²) in [4.78, 5) is 23.8. The van der Waals surface area contributed by atoms with E-state index in [4.69, 9.17) is 4.84 Å². The van der Waals surface area contributed by atoms with Gasteiger partial charge in [-0.2, -0.15) is 0 Å². The van der Waals surface area contributed by atoms with Gasteiger partial charge in [-0.15, -0.1) is 6.58 Å². The smallest absolute Gasteiger partial charge is 0.257 e. The summed E-state index contributed by atoms with van der Waals surface area (Å²) in [5.41, 5.74) is 1.52. The van der Waals surface area contributed by atoms with E-state index in [1.54, 1.807) is 24.4 Å². The van der Waals surface area contributed by atoms with Crippen molar-refractivity contribution in [3.63, 3.8) is 0 Å². The van der Waals surface area contributed by atoms with Gasteiger partial charge in [-0.25, -0.2) is 4.39 Å². The number of hydrogen-bond donors (Lipinski definition) is 0. The van der Waals surface area contributed by atoms with Gasteiger partial charge in [-0.1, -0.05) is 29.4 Å². The van der Waals surface area contributed by atoms with E-state index in [-0.39, 0.29) is 11.7 Å². The maximum absolute atomic E-state index is 13.9. The summed E-state index contributed by atoms with van der Waals surface area (Å²) in [5, 5.41) is 4.07. The SMILES string of the molecule is C=CCN(C[C@H]1CC(c2ccccn2)=NO1)C(=O)c1ccccc1F. The number of amides is 1. The van der Waals surface area contributed by atoms with Crippen molar-refractivity contribution < 1.29 is 14.0 Å². The number of pyridine rings is 1. The molecule has 1 aromatic heterocycles. The van der Waals surface area contributed by atoms with Crippen molar-refractivity contribution in [3.05, 3.63) is 78.4 Å². The molecule has 1 aliphatic rings. The van der Waals surface area contributed by atoms with Crippen molar-refractivity contribution in [1.29, 1.82) is 0 Å². The number of oxime groups is 1. The number of halogens is 1. The van der Waals surface area contributed by atoms with Crippen LogP contribution in [0.4, 0.5) is 4.39 Å². The van der Waals surface area contributed by atoms with Crippen LogP contribution in [-0.4, -0.2) is 40.7 Å². The van der Waals surface area contributed by atoms with Gasteiger partial charge in [0.2, 0.25) is 0 Å². The first-order valence-electron chi connectivity index (χ1n) is 7.98. The maximum atomic E-state index is 13.9. The Hall–Kier alpha value is -3.02. The number of benzene rings is 1. The molecule has 0 saturated heterocycles. The lowest BCUT2D eigenvalue weighted by Crippen LogP contribution is -2.38. The fourth-order valence-electron chi connectivity index (χ4n) is 2.66. The molecule has 0 fully saturated rings. The highest BCUT2D eigenvalue weighted by Crippen LogP contribution is 2.18. The first-order chi connectivity index (χ1) is 12.2. The summed E-state index contributed by atoms with van der Waals surface area (Å²) in [6, 6.07) is 11.5. The van der Waals surface area contributed by atoms with Gasteiger partial charge in [-0.3, -0.25) is 9.78 Å². The molecule has 2 aromatic rings. The molecule has 0 unspecified atom stereocenters. The molecule has 5 nitrogen and oxygen atoms in total. The van der Waals surface area contributed by atoms with Crippen LogP contribution in [0.1, 0.15) is 22.5 Å². The van der Waals surface area contributed by atoms with Crippen LogP contribution in [0.5, 0.6) is 0 Å². The van der Waals surface area contributed by atoms with Crippen LogP contribution in [0.15, 0.2) is 66.5 Å². The van der Waals surface area contributed by atoms with Crippen LogP contribution >= 0.6 is 0 Å². The minimum absolute atomic E-state index is 0.0354. The normalized spacial score (nSPS) is 16.0. The van der Waals surface area contributed by atoms with Crippen molar-refractivity contribution in [2.75, 3.05) is 13.1 Å². The van der Waals surface area contributed by atoms with Crippen molar-refractivity contribution in [2.45, 2.75) is 12.5 Å². The maximum Gasteiger partial charge on any atom is 0.257 e. The lowest BCUT2D eigenvalue weighted by molar-refractivity contribution is 0.0447. The highest BCUT2D eigenvalue weighted by atomic mass is 19.1. The van der Waals surface area contributed by atoms with Gasteiger partial charge in [0, 0.05) is 19.2 Å². The van der Waals surface area contributed by atoms with Gasteiger partial charge < -0.3 is 9.74 Å². The molecule has 1 amide bonds. The van der Waals surface area contributed by atoms with Gasteiger partial charge in [0.1, 0.15) is 11.5 Å². The molecule has 128 valence electrons. The molecule has 0 saturated carbocycles. The molecule has 0 radical (unpaired) electrons. The van der Waals surface area contributed by atoms with Crippen LogP contribution in [0, 0.1) is 5.82 Å². The topological polar surface area (TPSA) is 54.8 Å². The average Bonchev–Trinajstić information content (AvgIpc) is 3.11. The average molecular weight is 339 g/mol. The molecular formula is C19H18FN3O2. The van der Waals surface area contributed by atoms with Crippen molar-refractivity contribution in [3.8, 4) is 0 Å². The first kappa shape index (κ1) is 16.8. The summed E-state index contributed by atoms with van der Waals surface area (Å²) in [5.74, 6) is -0.938. The van der Waals surface area contributed by atoms with Crippen molar-refractivity contribution >= 4 is 11.6 Å². The molecule has 1 atom stereocenters. The van der Waals surface area contributed by atoms with Gasteiger partial charge >= 0.3 is 0 Å². The second-order valence-electron chi connectivity index (χ2n) is 5.66. The predicted molar refractivity (Wildman–Crippen MR) is 92.8 cm³/mol. The lowest BCUT2D eigenvalue weighted by Gasteiger charge is -2.23. The molecule has 3 rings (SSSR count). The predicted octanol–water partition coefficient (Wildman–Crippen LogP) is 3.04. The molecule has 0 N–H and O–H groups in total. The van der Waals surface area contributed by atoms with E-state index in [0.717, 1.165) is 11.4 Å². The number of hydrogen-bond acceptors (Lipinski definition) is 4. The van der Waals surface area contributed by atoms with Crippen LogP contribution < -0.4 is 0 Å². The van der Waals surface area contributed by atoms with Crippen molar-refractivity contribution in [1.82, 2.24) is 9.88 Å². The molecule has 25 heavy (non-hydrogen) atoms. The molecular weight excluding hydrogens is 321 g/mol. The van der Waals surface area contributed by atoms with E-state index < -0.39 is 11.7 Å². The van der Waals surface area contributed by atoms with Crippen LogP contribution in [0.25, 0.3) is 0 Å². The van der Waals surface area contributed by atoms with Crippen LogP contribution in [0.2, 0.25) is 0 Å². The van der Waals surface area contributed by atoms with Crippen LogP contribution in [-0.2, 0) is 4.84 Å². The number of rotatable bonds is 6. The third-order valence-corrected chi connectivity index (χ3v) is 3.86. The van der Waals surface area contributed by atoms with E-state index in [2.05, 4.69) is 16.7 Å². The Morgan fingerprint density at radius 3 is 2.84 bits per heavy atom. The third-order valence-electron chi connectivity index (χ3n) is 3.86. The summed E-state index contributed by atoms with van der Waals surface area (Å²) >= 11 is 0. The summed E-state index contributed by atoms with van der Waals surface area (Å²) in [7, 11) is 0. The Kier molecular flexibility index (Phi) is 5.18. The molecule has 1 aromatic carbocycles. The number of nitrogens with zero attached hydrogens (tertiary/aromatic N) is 3. The van der Waals surface area contributed by atoms with E-state index >= 15 is 0 Å². The minimum atomic E-state index is -0.542. The zero-order valence-corrected chi connectivity index (χ0v) is 13.6. The summed E-state index contributed by atoms with van der Waals surface area (Å²) in [6.45, 7) is 4.26. The fraction of sp³-hybridized carbons (Fsp3) is 0.211. The van der Waals surface area contributed by atoms with E-state index in [1.165, 1.54) is 17.0 Å². The Labute approximate surface area is 145 Å². The summed E-state index contributed by atoms with van der Waals surface area (Å²) in [6.07, 6.45) is 3.54. The number of carbonyl (C=O) groups is 1. The largest absolute Gasteiger partial charge is 0.390 e. The Morgan fingerprint density at radius 1 is 1.32 bits per heavy atom. The van der Waals surface area contributed by atoms with Gasteiger partial charge in [-0.05, 0) is 24.3 Å². The quantitative estimate of drug-likeness (QED) is 0.760. The van der Waals surface area contributed by atoms with Gasteiger partial charge in [0.15, 0.2) is 6.10 Å². The molecule has 6 heteroatoms. The summed E-state index contributed by atoms with van der Waals surface area (Å²) < 4.78 is 13.9. The Morgan fingerprint density at radius 2 is 2.12 bits per heavy atom. The van der Waals surface area contributed by atoms with E-state index in [9.17, 15) is 9.18 Å². The van der Waals surface area contributed by atoms with Crippen molar-refractivity contribution in [2.24, 2.45) is 5.16 Å². The third kappa shape index (κ3) is 3.91. The van der Waals surface area contributed by atoms with Gasteiger partial charge in [0.05, 0.1) is 17.8 Å². The Bertz CT molecular complexity index is 792. The zero-order chi connectivity index (χ0) is 17.6. The number of aromatic nitrogens is 1. The molecule has 1 aliphatic heterocycles. The molecule has 0 aliphatic carbocycles. The highest BCUT2D eigenvalue weighted by molar-refractivity contribution is 5.99. The fourth-order valence-corrected chi connectivity index (χ4v) is 2.66. The monoisotopic (exact) mass is 339 g/mol. The van der Waals surface area contributed by atoms with Gasteiger partial charge in [0.25, 0.3) is 5.91 Å². The second kappa shape index (κ2) is 7.70. The van der Waals surface area contributed by atoms with Crippen LogP contribution in [0.3, 0.4) is 0 Å².